The SMILES string of the molecule is CCNC(=O)c1cccc(CNC(=O)c2ccc(S(=O)(=O)NC(C)CC)cc2)c1. The van der Waals surface area contributed by atoms with Gasteiger partial charge < -0.3 is 10.6 Å². The van der Waals surface area contributed by atoms with E-state index < -0.39 is 10.0 Å². The minimum Gasteiger partial charge on any atom is -0.352 e. The van der Waals surface area contributed by atoms with Crippen LogP contribution in [0.4, 0.5) is 0 Å². The zero-order valence-electron chi connectivity index (χ0n) is 16.9. The maximum atomic E-state index is 12.4. The van der Waals surface area contributed by atoms with Crippen molar-refractivity contribution in [3.63, 3.8) is 0 Å². The summed E-state index contributed by atoms with van der Waals surface area (Å²) in [5, 5.41) is 5.51. The first-order chi connectivity index (χ1) is 13.8. The zero-order valence-corrected chi connectivity index (χ0v) is 17.7. The summed E-state index contributed by atoms with van der Waals surface area (Å²) in [5.41, 5.74) is 1.67. The average molecular weight is 418 g/mol. The molecule has 29 heavy (non-hydrogen) atoms. The molecule has 0 aromatic heterocycles. The molecule has 0 saturated carbocycles. The van der Waals surface area contributed by atoms with Gasteiger partial charge in [-0.25, -0.2) is 13.1 Å². The first-order valence-electron chi connectivity index (χ1n) is 9.54. The Morgan fingerprint density at radius 3 is 2.21 bits per heavy atom. The van der Waals surface area contributed by atoms with Gasteiger partial charge >= 0.3 is 0 Å². The normalized spacial score (nSPS) is 12.2. The van der Waals surface area contributed by atoms with Gasteiger partial charge in [0.25, 0.3) is 11.8 Å². The Bertz CT molecular complexity index is 956. The molecule has 2 aromatic rings. The van der Waals surface area contributed by atoms with Crippen LogP contribution in [0.25, 0.3) is 0 Å². The molecule has 0 aliphatic heterocycles. The van der Waals surface area contributed by atoms with Crippen molar-refractivity contribution in [1.29, 1.82) is 0 Å². The number of nitrogens with one attached hydrogen (secondary N) is 3. The van der Waals surface area contributed by atoms with Crippen molar-refractivity contribution in [3.05, 3.63) is 65.2 Å². The van der Waals surface area contributed by atoms with Crippen molar-refractivity contribution in [3.8, 4) is 0 Å². The van der Waals surface area contributed by atoms with E-state index in [9.17, 15) is 18.0 Å². The molecule has 0 spiro atoms. The Labute approximate surface area is 172 Å². The molecule has 1 unspecified atom stereocenters. The molecule has 0 aliphatic rings. The third-order valence-electron chi connectivity index (χ3n) is 4.38. The molecule has 8 heteroatoms. The molecule has 7 nitrogen and oxygen atoms in total. The number of carbonyl (C=O) groups excluding carboxylic acids is 2. The van der Waals surface area contributed by atoms with Gasteiger partial charge in [-0.05, 0) is 62.2 Å². The Morgan fingerprint density at radius 1 is 0.931 bits per heavy atom. The maximum Gasteiger partial charge on any atom is 0.251 e. The number of benzene rings is 2. The smallest absolute Gasteiger partial charge is 0.251 e. The van der Waals surface area contributed by atoms with E-state index in [0.29, 0.717) is 24.1 Å². The van der Waals surface area contributed by atoms with Gasteiger partial charge in [-0.3, -0.25) is 9.59 Å². The lowest BCUT2D eigenvalue weighted by Crippen LogP contribution is -2.32. The molecule has 0 heterocycles. The summed E-state index contributed by atoms with van der Waals surface area (Å²) >= 11 is 0. The molecular formula is C21H27N3O4S. The second-order valence-corrected chi connectivity index (χ2v) is 8.41. The van der Waals surface area contributed by atoms with Gasteiger partial charge in [-0.15, -0.1) is 0 Å². The maximum absolute atomic E-state index is 12.4. The van der Waals surface area contributed by atoms with Gasteiger partial charge in [0.1, 0.15) is 0 Å². The highest BCUT2D eigenvalue weighted by Gasteiger charge is 2.17. The summed E-state index contributed by atoms with van der Waals surface area (Å²) in [6.07, 6.45) is 0.682. The number of rotatable bonds is 9. The summed E-state index contributed by atoms with van der Waals surface area (Å²) in [4.78, 5) is 24.4. The summed E-state index contributed by atoms with van der Waals surface area (Å²) in [6.45, 7) is 6.33. The summed E-state index contributed by atoms with van der Waals surface area (Å²) in [6, 6.07) is 12.6. The van der Waals surface area contributed by atoms with Crippen molar-refractivity contribution in [2.75, 3.05) is 6.54 Å². The summed E-state index contributed by atoms with van der Waals surface area (Å²) in [5.74, 6) is -0.490. The van der Waals surface area contributed by atoms with Crippen molar-refractivity contribution in [1.82, 2.24) is 15.4 Å². The van der Waals surface area contributed by atoms with Crippen LogP contribution >= 0.6 is 0 Å². The van der Waals surface area contributed by atoms with E-state index in [1.165, 1.54) is 24.3 Å². The fourth-order valence-electron chi connectivity index (χ4n) is 2.57. The molecule has 1 atom stereocenters. The average Bonchev–Trinajstić information content (AvgIpc) is 2.72. The molecule has 156 valence electrons. The van der Waals surface area contributed by atoms with E-state index in [1.54, 1.807) is 25.1 Å². The molecule has 0 bridgehead atoms. The largest absolute Gasteiger partial charge is 0.352 e. The number of carbonyl (C=O) groups is 2. The van der Waals surface area contributed by atoms with Crippen LogP contribution in [-0.2, 0) is 16.6 Å². The molecule has 0 saturated heterocycles. The lowest BCUT2D eigenvalue weighted by atomic mass is 10.1. The third kappa shape index (κ3) is 6.40. The van der Waals surface area contributed by atoms with E-state index >= 15 is 0 Å². The monoisotopic (exact) mass is 417 g/mol. The predicted molar refractivity (Wildman–Crippen MR) is 112 cm³/mol. The highest BCUT2D eigenvalue weighted by Crippen LogP contribution is 2.12. The van der Waals surface area contributed by atoms with E-state index in [4.69, 9.17) is 0 Å². The molecule has 2 rings (SSSR count). The second kappa shape index (κ2) is 10.2. The van der Waals surface area contributed by atoms with Gasteiger partial charge in [0.15, 0.2) is 0 Å². The van der Waals surface area contributed by atoms with E-state index in [0.717, 1.165) is 5.56 Å². The first-order valence-corrected chi connectivity index (χ1v) is 11.0. The van der Waals surface area contributed by atoms with Crippen LogP contribution in [0, 0.1) is 0 Å². The van der Waals surface area contributed by atoms with Crippen LogP contribution in [-0.4, -0.2) is 32.8 Å². The Balaban J connectivity index is 2.01. The van der Waals surface area contributed by atoms with Crippen LogP contribution in [0.5, 0.6) is 0 Å². The van der Waals surface area contributed by atoms with Crippen molar-refractivity contribution < 1.29 is 18.0 Å². The number of sulfonamides is 1. The summed E-state index contributed by atoms with van der Waals surface area (Å²) in [7, 11) is -3.61. The Morgan fingerprint density at radius 2 is 1.59 bits per heavy atom. The molecular weight excluding hydrogens is 390 g/mol. The Kier molecular flexibility index (Phi) is 7.92. The van der Waals surface area contributed by atoms with Crippen LogP contribution in [0.2, 0.25) is 0 Å². The number of hydrogen-bond donors (Lipinski definition) is 3. The summed E-state index contributed by atoms with van der Waals surface area (Å²) < 4.78 is 27.1. The van der Waals surface area contributed by atoms with Crippen LogP contribution in [0.1, 0.15) is 53.5 Å². The third-order valence-corrected chi connectivity index (χ3v) is 5.98. The predicted octanol–water partition coefficient (Wildman–Crippen LogP) is 2.44. The first kappa shape index (κ1) is 22.6. The van der Waals surface area contributed by atoms with Crippen LogP contribution in [0.3, 0.4) is 0 Å². The van der Waals surface area contributed by atoms with Crippen molar-refractivity contribution in [2.45, 2.75) is 44.7 Å². The van der Waals surface area contributed by atoms with Gasteiger partial charge in [0.2, 0.25) is 10.0 Å². The standard InChI is InChI=1S/C21H27N3O4S/c1-4-15(3)24-29(27,28)19-11-9-17(10-12-19)20(25)23-14-16-7-6-8-18(13-16)21(26)22-5-2/h6-13,15,24H,4-5,14H2,1-3H3,(H,22,26)(H,23,25). The molecule has 0 fully saturated rings. The van der Waals surface area contributed by atoms with Gasteiger partial charge in [-0.1, -0.05) is 19.1 Å². The topological polar surface area (TPSA) is 104 Å². The van der Waals surface area contributed by atoms with E-state index in [2.05, 4.69) is 15.4 Å². The minimum atomic E-state index is -3.61. The molecule has 2 amide bonds. The highest BCUT2D eigenvalue weighted by molar-refractivity contribution is 7.89. The van der Waals surface area contributed by atoms with E-state index in [-0.39, 0.29) is 29.3 Å². The van der Waals surface area contributed by atoms with Crippen molar-refractivity contribution in [2.24, 2.45) is 0 Å². The van der Waals surface area contributed by atoms with Gasteiger partial charge in [0.05, 0.1) is 4.90 Å². The number of hydrogen-bond acceptors (Lipinski definition) is 4. The lowest BCUT2D eigenvalue weighted by molar-refractivity contribution is 0.0947. The fraction of sp³-hybridized carbons (Fsp3) is 0.333. The molecule has 0 radical (unpaired) electrons. The quantitative estimate of drug-likeness (QED) is 0.583. The minimum absolute atomic E-state index is 0.115. The van der Waals surface area contributed by atoms with Crippen LogP contribution in [0.15, 0.2) is 53.4 Å². The second-order valence-electron chi connectivity index (χ2n) is 6.70. The van der Waals surface area contributed by atoms with Gasteiger partial charge in [-0.2, -0.15) is 0 Å². The molecule has 0 aliphatic carbocycles. The molecule has 3 N–H and O–H groups in total. The van der Waals surface area contributed by atoms with Gasteiger partial charge in [0, 0.05) is 30.3 Å². The Hall–Kier alpha value is -2.71. The highest BCUT2D eigenvalue weighted by atomic mass is 32.2. The van der Waals surface area contributed by atoms with Crippen molar-refractivity contribution >= 4 is 21.8 Å². The van der Waals surface area contributed by atoms with E-state index in [1.807, 2.05) is 19.9 Å². The lowest BCUT2D eigenvalue weighted by Gasteiger charge is -2.12. The number of amides is 2. The fourth-order valence-corrected chi connectivity index (χ4v) is 3.90. The molecule has 2 aromatic carbocycles. The zero-order chi connectivity index (χ0) is 21.4. The van der Waals surface area contributed by atoms with Crippen LogP contribution < -0.4 is 15.4 Å².